The number of imidazole rings is 3. The molecule has 28 atom stereocenters. The lowest BCUT2D eigenvalue weighted by molar-refractivity contribution is -0.237. The van der Waals surface area contributed by atoms with Crippen LogP contribution in [-0.2, 0) is 171 Å². The first kappa shape index (κ1) is 112. The molecule has 0 radical (unpaired) electrons. The number of aromatic amines is 2. The van der Waals surface area contributed by atoms with Crippen molar-refractivity contribution in [1.82, 2.24) is 87.2 Å². The second kappa shape index (κ2) is 48.3. The summed E-state index contributed by atoms with van der Waals surface area (Å²) in [4.78, 5) is 171. The van der Waals surface area contributed by atoms with E-state index in [4.69, 9.17) is 186 Å². The number of aryl methyl sites for hydroxylation is 3. The number of methoxy groups -OCH3 is 5. The zero-order valence-corrected chi connectivity index (χ0v) is 85.8. The Bertz CT molecular complexity index is 6640. The molecule has 6 fully saturated rings. The lowest BCUT2D eigenvalue weighted by Gasteiger charge is -2.36. The van der Waals surface area contributed by atoms with Gasteiger partial charge in [-0.1, -0.05) is 30.5 Å². The zero-order valence-electron chi connectivity index (χ0n) is 78.9. The Morgan fingerprint density at radius 1 is 0.432 bits per heavy atom. The topological polar surface area (TPSA) is 806 Å². The Labute approximate surface area is 840 Å². The van der Waals surface area contributed by atoms with Crippen molar-refractivity contribution in [3.63, 3.8) is 0 Å². The van der Waals surface area contributed by atoms with Crippen LogP contribution >= 0.6 is 35.9 Å². The molecule has 15 rings (SSSR count). The molecule has 0 spiro atoms. The van der Waals surface area contributed by atoms with Gasteiger partial charge in [-0.25, -0.2) is 53.8 Å². The van der Waals surface area contributed by atoms with E-state index in [0.717, 1.165) is 30.9 Å². The number of anilines is 5. The highest BCUT2D eigenvalue weighted by atomic mass is 32.7. The molecule has 14 N–H and O–H groups in total. The van der Waals surface area contributed by atoms with E-state index in [0.29, 0.717) is 5.65 Å². The molecule has 62 nitrogen and oxygen atoms in total. The second-order valence-corrected chi connectivity index (χ2v) is 44.2. The average Bonchev–Trinajstić information content (AvgIpc) is 1.61. The van der Waals surface area contributed by atoms with Gasteiger partial charge in [0.25, 0.3) is 18.9 Å². The normalized spacial score (nSPS) is 29.1. The van der Waals surface area contributed by atoms with Crippen LogP contribution in [0.15, 0.2) is 74.2 Å². The van der Waals surface area contributed by atoms with E-state index in [1.807, 2.05) is 0 Å². The van der Waals surface area contributed by atoms with E-state index in [2.05, 4.69) is 59.8 Å². The molecule has 806 valence electrons. The Balaban J connectivity index is 0.718. The van der Waals surface area contributed by atoms with Gasteiger partial charge in [0, 0.05) is 77.3 Å². The van der Waals surface area contributed by atoms with Crippen LogP contribution in [-0.4, -0.2) is 336 Å². The molecule has 0 aliphatic carbocycles. The Morgan fingerprint density at radius 3 is 1.34 bits per heavy atom. The molecule has 9 aromatic rings. The van der Waals surface area contributed by atoms with E-state index in [1.54, 1.807) is 11.5 Å². The van der Waals surface area contributed by atoms with E-state index >= 15 is 23.5 Å². The minimum Gasteiger partial charge on any atom is -0.780 e. The van der Waals surface area contributed by atoms with Crippen LogP contribution in [0.3, 0.4) is 0 Å². The van der Waals surface area contributed by atoms with Crippen LogP contribution in [0.25, 0.3) is 33.5 Å². The number of nitrogens with one attached hydrogen (secondary N) is 2. The largest absolute Gasteiger partial charge is 0.780 e. The SMILES string of the molecule is CC[C@H]1O[C@@H](n2cnc3c(N)ncnc32)CC1OP([O-])(=S)OC[C@H]1O[C@@H](n2cnc3c(=O)[nH]c(N)nc32)[C@@H](OCCOC)C1OP(=O)([O-])OC[C@H]1O[C@@H](n2cc(C)c(N)nc2=O)[C@@H](OCCOC)C1OP(=O)(O)OC[C@H]1O[C@@H](n2cc(C)c(N)nc2=O)[C@@H](OCCOC)C1OP(=O)([S-])OC[C@H]1O[C@@H](n2cnc3c(N)ncnc32)[C@@H](OCCOC)C1OP([O-])(=S)OC[C@H]1O[C@@H](n2cc(C)c(=O)[nH]c2=O)[C@@H](OCCOC)C1O. The van der Waals surface area contributed by atoms with Gasteiger partial charge in [0.05, 0.1) is 130 Å². The summed E-state index contributed by atoms with van der Waals surface area (Å²) in [5, 5.41) is 11.8. The zero-order chi connectivity index (χ0) is 105. The number of nitrogens with two attached hydrogens (primary N) is 5. The first-order valence-electron chi connectivity index (χ1n) is 44.5. The Kier molecular flexibility index (Phi) is 37.1. The highest BCUT2D eigenvalue weighted by molar-refractivity contribution is 8.32. The number of aromatic nitrogens is 18. The van der Waals surface area contributed by atoms with Gasteiger partial charge in [-0.3, -0.25) is 65.1 Å². The van der Waals surface area contributed by atoms with Gasteiger partial charge in [-0.15, -0.1) is 0 Å². The summed E-state index contributed by atoms with van der Waals surface area (Å²) in [6.07, 6.45) is -27.8. The van der Waals surface area contributed by atoms with Gasteiger partial charge in [0.1, 0.15) is 147 Å². The maximum absolute atomic E-state index is 15.6. The Hall–Kier alpha value is -8.01. The first-order chi connectivity index (χ1) is 69.6. The van der Waals surface area contributed by atoms with Crippen molar-refractivity contribution in [2.75, 3.05) is 163 Å². The van der Waals surface area contributed by atoms with Crippen LogP contribution in [0.1, 0.15) is 73.8 Å². The molecule has 15 heterocycles. The third kappa shape index (κ3) is 26.0. The molecule has 70 heteroatoms. The van der Waals surface area contributed by atoms with Crippen molar-refractivity contribution >= 4 is 134 Å². The fourth-order valence-electron chi connectivity index (χ4n) is 16.7. The smallest absolute Gasteiger partial charge is 0.472 e. The molecule has 11 unspecified atom stereocenters. The number of nitrogens with zero attached hydrogens (tertiary/aromatic N) is 16. The van der Waals surface area contributed by atoms with E-state index < -0.39 is 257 Å². The lowest BCUT2D eigenvalue weighted by Crippen LogP contribution is -2.41. The number of rotatable bonds is 52. The number of phosphoric ester groups is 2. The monoisotopic (exact) mass is 2220 g/mol. The molecule has 0 saturated carbocycles. The second-order valence-electron chi connectivity index (χ2n) is 33.3. The fourth-order valence-corrected chi connectivity index (χ4v) is 22.9. The van der Waals surface area contributed by atoms with Gasteiger partial charge in [0.15, 0.2) is 72.0 Å². The van der Waals surface area contributed by atoms with Gasteiger partial charge >= 0.3 is 24.9 Å². The number of phosphoric acid groups is 2. The number of aliphatic hydroxyl groups is 1. The van der Waals surface area contributed by atoms with Crippen LogP contribution < -0.4 is 71.5 Å². The standard InChI is InChI=1S/C76H110N23O39P5S3/c1-10-38-39(21-45(128-38)97-32-86-46-61(79)82-30-84-63(46)97)134-141(110,144)126-28-43-51(56(120-18-13-115-7)72(132-43)99-34-88-48-65(99)91-73(81)92-67(48)102)136-139(106,107)123-26-41-50(55(119-17-12-114-6)69(130-41)94-22-35(2)59(77)89-74(94)103)135-140(108,109)124-27-42-52(57(121-19-14-116-8)70(131-42)95-23-36(3)60(78)90-75(95)104)137-143(112,146)127-29-44-53(58(122-20-15-117-9)71(133-44)98-33-87-47-62(80)83-31-85-64(47)98)138-142(111,145)125-25-40-49(100)54(118-16-11-113-5)68(129-40)96-24-37(4)66(101)93-76(96)105/h22-24,30-34,38-45,49-58,68-72,100H,10-21,25-29H2,1-9H3,(H,106,107)(H,108,109)(H,110,144)(H,111,145)(H,112,146)(H2,77,89,103)(H2,78,90,104)(H2,79,82,84)(H2,80,83,85)(H,93,101,105)(H3,81,91,92,102)/p-4/t38-,39?,40-,41-,42-,43-,44-,45-,49?,50?,51?,52?,53?,54+,55+,56+,57+,58+,68-,69-,70-,71-,72-,141?,142?,143?/m1/s1. The molecule has 6 saturated heterocycles. The molecule has 0 amide bonds. The Morgan fingerprint density at radius 2 is 0.836 bits per heavy atom. The summed E-state index contributed by atoms with van der Waals surface area (Å²) in [7, 11) is -5.43. The molecule has 146 heavy (non-hydrogen) atoms. The number of ether oxygens (including phenoxy) is 16. The van der Waals surface area contributed by atoms with Gasteiger partial charge in [0.2, 0.25) is 5.95 Å². The van der Waals surface area contributed by atoms with Crippen LogP contribution in [0.2, 0.25) is 0 Å². The summed E-state index contributed by atoms with van der Waals surface area (Å²) in [6, 6.07) is 0. The molecule has 6 aliphatic rings. The van der Waals surface area contributed by atoms with Crippen molar-refractivity contribution in [2.24, 2.45) is 0 Å². The average molecular weight is 2220 g/mol. The van der Waals surface area contributed by atoms with Crippen molar-refractivity contribution < 1.29 is 159 Å². The minimum absolute atomic E-state index is 0.00363. The number of aliphatic hydroxyl groups excluding tert-OH is 1. The predicted octanol–water partition coefficient (Wildman–Crippen LogP) is -3.19. The lowest BCUT2D eigenvalue weighted by atomic mass is 10.1. The molecule has 6 aliphatic heterocycles. The minimum atomic E-state index is -6.10. The molecule has 9 aromatic heterocycles. The third-order valence-electron chi connectivity index (χ3n) is 23.7. The highest BCUT2D eigenvalue weighted by Gasteiger charge is 2.57. The fraction of sp³-hybridized carbons (Fsp3) is 0.645. The summed E-state index contributed by atoms with van der Waals surface area (Å²) < 4.78 is 209. The quantitative estimate of drug-likeness (QED) is 0.0103. The van der Waals surface area contributed by atoms with Crippen molar-refractivity contribution in [3.8, 4) is 0 Å². The summed E-state index contributed by atoms with van der Waals surface area (Å²) in [5.74, 6) is -0.884. The third-order valence-corrected chi connectivity index (χ3v) is 30.3. The molecule has 0 aromatic carbocycles. The van der Waals surface area contributed by atoms with E-state index in [9.17, 15) is 38.9 Å². The summed E-state index contributed by atoms with van der Waals surface area (Å²) in [6.45, 7) is -16.8. The summed E-state index contributed by atoms with van der Waals surface area (Å²) >= 11 is 16.8. The molecule has 0 bridgehead atoms. The van der Waals surface area contributed by atoms with Crippen LogP contribution in [0.5, 0.6) is 0 Å². The number of H-pyrrole nitrogens is 2. The van der Waals surface area contributed by atoms with Crippen molar-refractivity contribution in [1.29, 1.82) is 0 Å². The van der Waals surface area contributed by atoms with E-state index in [-0.39, 0.29) is 134 Å². The van der Waals surface area contributed by atoms with Gasteiger partial charge in [-0.2, -0.15) is 15.0 Å². The van der Waals surface area contributed by atoms with Crippen LogP contribution in [0, 0.1) is 20.8 Å². The number of hydrogen-bond donors (Lipinski definition) is 9. The molecular weight excluding hydrogens is 2110 g/mol. The van der Waals surface area contributed by atoms with E-state index in [1.165, 1.54) is 98.5 Å². The van der Waals surface area contributed by atoms with Crippen LogP contribution in [0.4, 0.5) is 29.2 Å². The number of nitrogen functional groups attached to an aromatic ring is 5. The summed E-state index contributed by atoms with van der Waals surface area (Å²) in [5.41, 5.74) is 26.5. The molecular formula is C76H106N23O39P5S3-4. The predicted molar refractivity (Wildman–Crippen MR) is 501 cm³/mol. The van der Waals surface area contributed by atoms with Crippen molar-refractivity contribution in [3.05, 3.63) is 119 Å². The maximum Gasteiger partial charge on any atom is 0.472 e. The maximum atomic E-state index is 15.6. The first-order valence-corrected chi connectivity index (χ1v) is 55.1. The van der Waals surface area contributed by atoms with Gasteiger partial charge < -0.3 is 178 Å². The number of hydrogen-bond acceptors (Lipinski definition) is 56. The number of fused-ring (bicyclic) bond motifs is 3. The van der Waals surface area contributed by atoms with Crippen molar-refractivity contribution in [2.45, 2.75) is 182 Å². The van der Waals surface area contributed by atoms with Gasteiger partial charge in [-0.05, 0) is 27.2 Å². The highest BCUT2D eigenvalue weighted by Crippen LogP contribution is 2.57.